The van der Waals surface area contributed by atoms with E-state index in [0.717, 1.165) is 11.3 Å². The number of nitrogens with zero attached hydrogens (tertiary/aromatic N) is 3. The van der Waals surface area contributed by atoms with E-state index in [2.05, 4.69) is 5.16 Å². The minimum atomic E-state index is -0.00412. The highest BCUT2D eigenvalue weighted by Gasteiger charge is 2.38. The van der Waals surface area contributed by atoms with E-state index in [1.165, 1.54) is 0 Å². The number of hydrogen-bond donors (Lipinski definition) is 0. The molecule has 0 N–H and O–H groups in total. The van der Waals surface area contributed by atoms with Crippen LogP contribution in [0.5, 0.6) is 0 Å². The van der Waals surface area contributed by atoms with Crippen LogP contribution in [0.3, 0.4) is 0 Å². The molecule has 1 aromatic heterocycles. The predicted molar refractivity (Wildman–Crippen MR) is 90.7 cm³/mol. The molecule has 132 valence electrons. The van der Waals surface area contributed by atoms with Crippen LogP contribution in [0.25, 0.3) is 0 Å². The van der Waals surface area contributed by atoms with Crippen molar-refractivity contribution in [1.29, 1.82) is 0 Å². The molecule has 0 amide bonds. The highest BCUT2D eigenvalue weighted by molar-refractivity contribution is 6.28. The van der Waals surface area contributed by atoms with Gasteiger partial charge in [0.05, 0.1) is 33.9 Å². The number of imidazole rings is 1. The lowest BCUT2D eigenvalue weighted by molar-refractivity contribution is -0.672. The standard InChI is InChI=1S/C18H22N3O4/c1-20-12-21(2)17-16(20)15(19-25-11-10-24-9-8-23-3)13-6-4-5-7-14(13)18(17)22/h4-7,12H,8-11H2,1-3H3/q+1/b19-15+. The molecule has 1 heterocycles. The molecule has 0 atom stereocenters. The molecule has 7 heteroatoms. The Morgan fingerprint density at radius 1 is 1.12 bits per heavy atom. The topological polar surface area (TPSA) is 65.9 Å². The van der Waals surface area contributed by atoms with Crippen LogP contribution in [-0.2, 0) is 28.4 Å². The number of methoxy groups -OCH3 is 1. The number of ether oxygens (including phenoxy) is 2. The number of benzene rings is 1. The van der Waals surface area contributed by atoms with Gasteiger partial charge in [0.15, 0.2) is 5.71 Å². The summed E-state index contributed by atoms with van der Waals surface area (Å²) in [5.74, 6) is -0.00412. The van der Waals surface area contributed by atoms with Crippen LogP contribution in [-0.4, -0.2) is 49.6 Å². The Hall–Kier alpha value is -2.51. The van der Waals surface area contributed by atoms with Gasteiger partial charge in [-0.25, -0.2) is 9.13 Å². The molecule has 0 radical (unpaired) electrons. The first-order chi connectivity index (χ1) is 12.1. The van der Waals surface area contributed by atoms with E-state index in [1.807, 2.05) is 53.8 Å². The van der Waals surface area contributed by atoms with Gasteiger partial charge in [-0.2, -0.15) is 0 Å². The fraction of sp³-hybridized carbons (Fsp3) is 0.389. The number of hydrogen-bond acceptors (Lipinski definition) is 5. The lowest BCUT2D eigenvalue weighted by Crippen LogP contribution is -2.37. The molecule has 1 aromatic carbocycles. The first kappa shape index (κ1) is 17.3. The van der Waals surface area contributed by atoms with Gasteiger partial charge in [-0.1, -0.05) is 29.4 Å². The minimum absolute atomic E-state index is 0.00412. The summed E-state index contributed by atoms with van der Waals surface area (Å²) in [6.07, 6.45) is 1.86. The van der Waals surface area contributed by atoms with Crippen LogP contribution in [0.4, 0.5) is 0 Å². The van der Waals surface area contributed by atoms with Gasteiger partial charge < -0.3 is 14.3 Å². The summed E-state index contributed by atoms with van der Waals surface area (Å²) >= 11 is 0. The predicted octanol–water partition coefficient (Wildman–Crippen LogP) is 0.826. The smallest absolute Gasteiger partial charge is 0.244 e. The number of oxime groups is 1. The number of aromatic nitrogens is 2. The second-order valence-electron chi connectivity index (χ2n) is 5.79. The van der Waals surface area contributed by atoms with Gasteiger partial charge in [0.25, 0.3) is 0 Å². The van der Waals surface area contributed by atoms with Crippen molar-refractivity contribution < 1.29 is 23.7 Å². The van der Waals surface area contributed by atoms with Crippen LogP contribution in [0, 0.1) is 0 Å². The summed E-state index contributed by atoms with van der Waals surface area (Å²) in [7, 11) is 5.38. The largest absolute Gasteiger partial charge is 0.393 e. The van der Waals surface area contributed by atoms with Crippen molar-refractivity contribution >= 4 is 11.5 Å². The molecule has 0 bridgehead atoms. The molecule has 7 nitrogen and oxygen atoms in total. The summed E-state index contributed by atoms with van der Waals surface area (Å²) in [6.45, 7) is 1.82. The number of fused-ring (bicyclic) bond motifs is 2. The number of aryl methyl sites for hydroxylation is 2. The molecular formula is C18H22N3O4+. The number of ketones is 1. The monoisotopic (exact) mass is 344 g/mol. The first-order valence-electron chi connectivity index (χ1n) is 8.11. The molecule has 0 unspecified atom stereocenters. The highest BCUT2D eigenvalue weighted by atomic mass is 16.6. The molecule has 0 saturated heterocycles. The van der Waals surface area contributed by atoms with Gasteiger partial charge >= 0.3 is 0 Å². The van der Waals surface area contributed by atoms with Gasteiger partial charge in [-0.15, -0.1) is 0 Å². The zero-order valence-electron chi connectivity index (χ0n) is 14.7. The van der Waals surface area contributed by atoms with E-state index < -0.39 is 0 Å². The van der Waals surface area contributed by atoms with Gasteiger partial charge in [-0.05, 0) is 0 Å². The summed E-state index contributed by atoms with van der Waals surface area (Å²) in [5, 5.41) is 4.31. The zero-order chi connectivity index (χ0) is 17.8. The maximum absolute atomic E-state index is 12.8. The van der Waals surface area contributed by atoms with Crippen LogP contribution in [0.15, 0.2) is 35.7 Å². The van der Waals surface area contributed by atoms with E-state index in [1.54, 1.807) is 7.11 Å². The summed E-state index contributed by atoms with van der Waals surface area (Å²) in [5.41, 5.74) is 3.44. The Morgan fingerprint density at radius 2 is 1.84 bits per heavy atom. The second-order valence-corrected chi connectivity index (χ2v) is 5.79. The van der Waals surface area contributed by atoms with Crippen molar-refractivity contribution in [3.63, 3.8) is 0 Å². The average Bonchev–Trinajstić information content (AvgIpc) is 2.91. The van der Waals surface area contributed by atoms with Crippen molar-refractivity contribution in [3.05, 3.63) is 53.1 Å². The average molecular weight is 344 g/mol. The normalized spacial score (nSPS) is 14.5. The third-order valence-electron chi connectivity index (χ3n) is 4.05. The Morgan fingerprint density at radius 3 is 2.60 bits per heavy atom. The van der Waals surface area contributed by atoms with E-state index in [0.29, 0.717) is 43.4 Å². The molecule has 1 aliphatic rings. The third-order valence-corrected chi connectivity index (χ3v) is 4.05. The molecule has 0 spiro atoms. The fourth-order valence-electron chi connectivity index (χ4n) is 2.94. The molecule has 25 heavy (non-hydrogen) atoms. The molecule has 2 aromatic rings. The van der Waals surface area contributed by atoms with E-state index in [-0.39, 0.29) is 5.78 Å². The van der Waals surface area contributed by atoms with Crippen molar-refractivity contribution in [2.24, 2.45) is 19.3 Å². The molecule has 1 aliphatic carbocycles. The molecule has 0 fully saturated rings. The highest BCUT2D eigenvalue weighted by Crippen LogP contribution is 2.25. The SMILES string of the molecule is COCCOCCO/N=C1\c2ccccc2C(=O)c2c1[n+](C)cn2C. The van der Waals surface area contributed by atoms with Crippen molar-refractivity contribution in [2.45, 2.75) is 0 Å². The van der Waals surface area contributed by atoms with Crippen LogP contribution in [0.1, 0.15) is 27.3 Å². The lowest BCUT2D eigenvalue weighted by atomic mass is 9.89. The van der Waals surface area contributed by atoms with Gasteiger partial charge in [0.2, 0.25) is 23.5 Å². The van der Waals surface area contributed by atoms with E-state index in [9.17, 15) is 4.79 Å². The Balaban J connectivity index is 1.85. The summed E-state index contributed by atoms with van der Waals surface area (Å²) in [6, 6.07) is 7.45. The first-order valence-corrected chi connectivity index (χ1v) is 8.11. The number of rotatable bonds is 7. The second kappa shape index (κ2) is 7.58. The van der Waals surface area contributed by atoms with Crippen molar-refractivity contribution in [1.82, 2.24) is 4.57 Å². The van der Waals surface area contributed by atoms with Crippen LogP contribution < -0.4 is 4.57 Å². The Bertz CT molecular complexity index is 811. The van der Waals surface area contributed by atoms with E-state index in [4.69, 9.17) is 14.3 Å². The lowest BCUT2D eigenvalue weighted by Gasteiger charge is -2.15. The summed E-state index contributed by atoms with van der Waals surface area (Å²) < 4.78 is 14.0. The molecule has 0 saturated carbocycles. The molecular weight excluding hydrogens is 322 g/mol. The van der Waals surface area contributed by atoms with Crippen LogP contribution >= 0.6 is 0 Å². The maximum atomic E-state index is 12.8. The quantitative estimate of drug-likeness (QED) is 0.362. The zero-order valence-corrected chi connectivity index (χ0v) is 14.7. The summed E-state index contributed by atoms with van der Waals surface area (Å²) in [4.78, 5) is 18.3. The van der Waals surface area contributed by atoms with Gasteiger partial charge in [-0.3, -0.25) is 4.79 Å². The fourth-order valence-corrected chi connectivity index (χ4v) is 2.94. The van der Waals surface area contributed by atoms with Gasteiger partial charge in [0.1, 0.15) is 6.61 Å². The number of carbonyl (C=O) groups excluding carboxylic acids is 1. The maximum Gasteiger partial charge on any atom is 0.244 e. The molecule has 3 rings (SSSR count). The van der Waals surface area contributed by atoms with Crippen molar-refractivity contribution in [3.8, 4) is 0 Å². The Kier molecular flexibility index (Phi) is 5.25. The third kappa shape index (κ3) is 3.33. The van der Waals surface area contributed by atoms with Crippen molar-refractivity contribution in [2.75, 3.05) is 33.5 Å². The molecule has 0 aliphatic heterocycles. The number of carbonyl (C=O) groups is 1. The van der Waals surface area contributed by atoms with Gasteiger partial charge in [0, 0.05) is 18.2 Å². The Labute approximate surface area is 146 Å². The van der Waals surface area contributed by atoms with Crippen LogP contribution in [0.2, 0.25) is 0 Å². The van der Waals surface area contributed by atoms with E-state index >= 15 is 0 Å². The minimum Gasteiger partial charge on any atom is -0.393 e.